The molecule has 4 nitrogen and oxygen atoms in total. The van der Waals surface area contributed by atoms with E-state index in [1.54, 1.807) is 0 Å². The monoisotopic (exact) mass is 212 g/mol. The molecule has 86 valence electrons. The first-order valence-corrected chi connectivity index (χ1v) is 5.73. The molecule has 0 aromatic carbocycles. The lowest BCUT2D eigenvalue weighted by Gasteiger charge is -2.35. The van der Waals surface area contributed by atoms with Crippen LogP contribution in [0.1, 0.15) is 19.3 Å². The molecule has 1 N–H and O–H groups in total. The highest BCUT2D eigenvalue weighted by Crippen LogP contribution is 2.25. The maximum Gasteiger partial charge on any atom is 0.311 e. The molecule has 1 aliphatic carbocycles. The van der Waals surface area contributed by atoms with Crippen LogP contribution in [0.4, 0.5) is 0 Å². The van der Waals surface area contributed by atoms with E-state index in [0.717, 1.165) is 19.5 Å². The van der Waals surface area contributed by atoms with Crippen LogP contribution in [0.3, 0.4) is 0 Å². The summed E-state index contributed by atoms with van der Waals surface area (Å²) >= 11 is 0. The summed E-state index contributed by atoms with van der Waals surface area (Å²) in [5.41, 5.74) is 0. The molecule has 0 radical (unpaired) electrons. The molecule has 1 aliphatic heterocycles. The molecule has 2 atom stereocenters. The van der Waals surface area contributed by atoms with Crippen LogP contribution in [0, 0.1) is 5.92 Å². The summed E-state index contributed by atoms with van der Waals surface area (Å²) in [7, 11) is 3.54. The second kappa shape index (κ2) is 4.49. The molecule has 0 aromatic heterocycles. The Morgan fingerprint density at radius 3 is 2.73 bits per heavy atom. The Bertz CT molecular complexity index is 241. The van der Waals surface area contributed by atoms with E-state index in [1.165, 1.54) is 20.0 Å². The molecule has 0 spiro atoms. The van der Waals surface area contributed by atoms with Gasteiger partial charge in [0.25, 0.3) is 0 Å². The molecule has 1 saturated heterocycles. The Morgan fingerprint density at radius 1 is 1.40 bits per heavy atom. The van der Waals surface area contributed by atoms with Gasteiger partial charge in [-0.1, -0.05) is 0 Å². The van der Waals surface area contributed by atoms with Gasteiger partial charge in [-0.25, -0.2) is 0 Å². The summed E-state index contributed by atoms with van der Waals surface area (Å²) in [5, 5.41) is 3.55. The summed E-state index contributed by atoms with van der Waals surface area (Å²) in [6, 6.07) is 0.978. The van der Waals surface area contributed by atoms with Gasteiger partial charge in [0, 0.05) is 18.6 Å². The van der Waals surface area contributed by atoms with Crippen LogP contribution in [0.2, 0.25) is 0 Å². The van der Waals surface area contributed by atoms with Crippen molar-refractivity contribution in [2.24, 2.45) is 5.92 Å². The molecule has 0 aromatic rings. The van der Waals surface area contributed by atoms with Crippen molar-refractivity contribution in [3.63, 3.8) is 0 Å². The minimum atomic E-state index is -0.0697. The van der Waals surface area contributed by atoms with Crippen molar-refractivity contribution in [1.29, 1.82) is 0 Å². The molecule has 15 heavy (non-hydrogen) atoms. The van der Waals surface area contributed by atoms with E-state index in [2.05, 4.69) is 17.3 Å². The zero-order chi connectivity index (χ0) is 10.8. The van der Waals surface area contributed by atoms with Crippen LogP contribution in [-0.4, -0.2) is 50.2 Å². The zero-order valence-corrected chi connectivity index (χ0v) is 9.53. The molecule has 1 saturated carbocycles. The molecule has 2 unspecified atom stereocenters. The fraction of sp³-hybridized carbons (Fsp3) is 0.909. The smallest absolute Gasteiger partial charge is 0.311 e. The Labute approximate surface area is 91.0 Å². The lowest BCUT2D eigenvalue weighted by Crippen LogP contribution is -2.52. The highest BCUT2D eigenvalue weighted by Gasteiger charge is 2.36. The lowest BCUT2D eigenvalue weighted by molar-refractivity contribution is -0.148. The maximum atomic E-state index is 11.6. The lowest BCUT2D eigenvalue weighted by atomic mass is 9.92. The third-order valence-electron chi connectivity index (χ3n) is 3.35. The summed E-state index contributed by atoms with van der Waals surface area (Å²) in [6.07, 6.45) is 3.58. The van der Waals surface area contributed by atoms with E-state index in [9.17, 15) is 4.79 Å². The first-order valence-electron chi connectivity index (χ1n) is 5.73. The number of likely N-dealkylation sites (tertiary alicyclic amines) is 1. The predicted octanol–water partition coefficient (Wildman–Crippen LogP) is 0.232. The van der Waals surface area contributed by atoms with Crippen LogP contribution < -0.4 is 5.32 Å². The Morgan fingerprint density at radius 2 is 2.13 bits per heavy atom. The van der Waals surface area contributed by atoms with Crippen molar-refractivity contribution in [2.75, 3.05) is 27.2 Å². The van der Waals surface area contributed by atoms with Gasteiger partial charge < -0.3 is 15.0 Å². The second-order valence-electron chi connectivity index (χ2n) is 4.73. The Kier molecular flexibility index (Phi) is 3.26. The van der Waals surface area contributed by atoms with Gasteiger partial charge in [-0.05, 0) is 32.9 Å². The third-order valence-corrected chi connectivity index (χ3v) is 3.35. The second-order valence-corrected chi connectivity index (χ2v) is 4.73. The van der Waals surface area contributed by atoms with Gasteiger partial charge in [0.05, 0.1) is 13.0 Å². The summed E-state index contributed by atoms with van der Waals surface area (Å²) in [5.74, 6) is -0.0611. The topological polar surface area (TPSA) is 41.6 Å². The number of rotatable bonds is 3. The van der Waals surface area contributed by atoms with Gasteiger partial charge in [-0.15, -0.1) is 0 Å². The molecular formula is C11H20N2O2. The Balaban J connectivity index is 1.95. The zero-order valence-electron chi connectivity index (χ0n) is 9.53. The highest BCUT2D eigenvalue weighted by atomic mass is 16.5. The van der Waals surface area contributed by atoms with Crippen LogP contribution in [0.15, 0.2) is 0 Å². The number of carbonyl (C=O) groups is 1. The number of ether oxygens (including phenoxy) is 1. The molecule has 2 rings (SSSR count). The largest absolute Gasteiger partial charge is 0.469 e. The number of hydrogen-bond donors (Lipinski definition) is 1. The van der Waals surface area contributed by atoms with E-state index in [1.807, 2.05) is 0 Å². The van der Waals surface area contributed by atoms with Gasteiger partial charge in [-0.2, -0.15) is 0 Å². The predicted molar refractivity (Wildman–Crippen MR) is 57.6 cm³/mol. The van der Waals surface area contributed by atoms with Crippen molar-refractivity contribution in [3.8, 4) is 0 Å². The average Bonchev–Trinajstić information content (AvgIpc) is 3.03. The molecule has 2 fully saturated rings. The van der Waals surface area contributed by atoms with E-state index in [4.69, 9.17) is 4.74 Å². The first kappa shape index (κ1) is 10.9. The molecular weight excluding hydrogens is 192 g/mol. The van der Waals surface area contributed by atoms with E-state index in [-0.39, 0.29) is 11.9 Å². The van der Waals surface area contributed by atoms with Crippen LogP contribution in [0.5, 0.6) is 0 Å². The highest BCUT2D eigenvalue weighted by molar-refractivity contribution is 5.73. The number of piperidine rings is 1. The summed E-state index contributed by atoms with van der Waals surface area (Å²) in [4.78, 5) is 13.8. The molecule has 1 heterocycles. The van der Waals surface area contributed by atoms with Gasteiger partial charge >= 0.3 is 5.97 Å². The molecule has 0 bridgehead atoms. The van der Waals surface area contributed by atoms with Crippen molar-refractivity contribution >= 4 is 5.97 Å². The number of esters is 1. The fourth-order valence-corrected chi connectivity index (χ4v) is 2.26. The summed E-state index contributed by atoms with van der Waals surface area (Å²) < 4.78 is 4.86. The maximum absolute atomic E-state index is 11.6. The number of hydrogen-bond acceptors (Lipinski definition) is 4. The van der Waals surface area contributed by atoms with Gasteiger partial charge in [0.15, 0.2) is 0 Å². The fourth-order valence-electron chi connectivity index (χ4n) is 2.26. The van der Waals surface area contributed by atoms with Gasteiger partial charge in [0.1, 0.15) is 0 Å². The van der Waals surface area contributed by atoms with Crippen molar-refractivity contribution < 1.29 is 9.53 Å². The standard InChI is InChI=1S/C11H20N2O2/c1-13-6-5-10(12-8-3-4-8)9(7-13)11(14)15-2/h8-10,12H,3-7H2,1-2H3. The van der Waals surface area contributed by atoms with E-state index < -0.39 is 0 Å². The van der Waals surface area contributed by atoms with Gasteiger partial charge in [0.2, 0.25) is 0 Å². The molecule has 4 heteroatoms. The summed E-state index contributed by atoms with van der Waals surface area (Å²) in [6.45, 7) is 1.88. The molecule has 2 aliphatic rings. The first-order chi connectivity index (χ1) is 7.20. The third kappa shape index (κ3) is 2.69. The van der Waals surface area contributed by atoms with Gasteiger partial charge in [-0.3, -0.25) is 4.79 Å². The van der Waals surface area contributed by atoms with Crippen molar-refractivity contribution in [2.45, 2.75) is 31.3 Å². The normalized spacial score (nSPS) is 32.7. The average molecular weight is 212 g/mol. The van der Waals surface area contributed by atoms with Crippen LogP contribution >= 0.6 is 0 Å². The number of carbonyl (C=O) groups excluding carboxylic acids is 1. The number of nitrogens with zero attached hydrogens (tertiary/aromatic N) is 1. The SMILES string of the molecule is COC(=O)C1CN(C)CCC1NC1CC1. The van der Waals surface area contributed by atoms with Crippen LogP contribution in [0.25, 0.3) is 0 Å². The molecule has 0 amide bonds. The van der Waals surface area contributed by atoms with E-state index in [0.29, 0.717) is 12.1 Å². The van der Waals surface area contributed by atoms with Crippen LogP contribution in [-0.2, 0) is 9.53 Å². The number of nitrogens with one attached hydrogen (secondary N) is 1. The minimum absolute atomic E-state index is 0.00866. The minimum Gasteiger partial charge on any atom is -0.469 e. The van der Waals surface area contributed by atoms with E-state index >= 15 is 0 Å². The Hall–Kier alpha value is -0.610. The number of methoxy groups -OCH3 is 1. The van der Waals surface area contributed by atoms with Crippen molar-refractivity contribution in [1.82, 2.24) is 10.2 Å². The quantitative estimate of drug-likeness (QED) is 0.680. The van der Waals surface area contributed by atoms with Crippen molar-refractivity contribution in [3.05, 3.63) is 0 Å².